The number of benzene rings is 1. The van der Waals surface area contributed by atoms with Crippen LogP contribution in [0.2, 0.25) is 5.02 Å². The highest BCUT2D eigenvalue weighted by Crippen LogP contribution is 2.30. The fourth-order valence-corrected chi connectivity index (χ4v) is 3.56. The number of hydrogen-bond donors (Lipinski definition) is 1. The van der Waals surface area contributed by atoms with Crippen LogP contribution in [0.4, 0.5) is 0 Å². The Morgan fingerprint density at radius 3 is 2.84 bits per heavy atom. The number of halogens is 1. The van der Waals surface area contributed by atoms with Gasteiger partial charge in [-0.05, 0) is 49.8 Å². The molecule has 19 heavy (non-hydrogen) atoms. The van der Waals surface area contributed by atoms with E-state index in [1.165, 1.54) is 37.7 Å². The molecule has 106 valence electrons. The van der Waals surface area contributed by atoms with Gasteiger partial charge < -0.3 is 5.32 Å². The second-order valence-corrected chi connectivity index (χ2v) is 6.53. The van der Waals surface area contributed by atoms with Crippen molar-refractivity contribution in [1.29, 1.82) is 0 Å². The summed E-state index contributed by atoms with van der Waals surface area (Å²) in [6.45, 7) is 5.69. The highest BCUT2D eigenvalue weighted by molar-refractivity contribution is 6.31. The predicted octanol–water partition coefficient (Wildman–Crippen LogP) is 5.21. The van der Waals surface area contributed by atoms with Crippen molar-refractivity contribution in [2.45, 2.75) is 52.0 Å². The van der Waals surface area contributed by atoms with Crippen molar-refractivity contribution in [3.05, 3.63) is 34.9 Å². The number of hydrogen-bond acceptors (Lipinski definition) is 1. The Bertz CT molecular complexity index is 391. The molecule has 1 aliphatic rings. The lowest BCUT2D eigenvalue weighted by molar-refractivity contribution is 0.265. The maximum atomic E-state index is 6.23. The molecule has 3 atom stereocenters. The highest BCUT2D eigenvalue weighted by Gasteiger charge is 2.18. The SMILES string of the molecule is CC1CCCC(CCNC(C)c2ccccc2Cl)C1. The van der Waals surface area contributed by atoms with Gasteiger partial charge in [0, 0.05) is 11.1 Å². The molecular formula is C17H26ClN. The van der Waals surface area contributed by atoms with E-state index in [1.807, 2.05) is 12.1 Å². The van der Waals surface area contributed by atoms with Gasteiger partial charge in [0.25, 0.3) is 0 Å². The normalized spacial score (nSPS) is 25.2. The van der Waals surface area contributed by atoms with Crippen LogP contribution in [-0.2, 0) is 0 Å². The minimum Gasteiger partial charge on any atom is -0.310 e. The van der Waals surface area contributed by atoms with E-state index < -0.39 is 0 Å². The molecule has 0 aromatic heterocycles. The maximum Gasteiger partial charge on any atom is 0.0453 e. The lowest BCUT2D eigenvalue weighted by Gasteiger charge is -2.27. The molecule has 3 unspecified atom stereocenters. The third-order valence-corrected chi connectivity index (χ3v) is 4.76. The van der Waals surface area contributed by atoms with E-state index in [0.29, 0.717) is 6.04 Å². The summed E-state index contributed by atoms with van der Waals surface area (Å²) in [7, 11) is 0. The molecule has 1 aliphatic carbocycles. The molecule has 1 aromatic carbocycles. The van der Waals surface area contributed by atoms with Crippen LogP contribution in [0.3, 0.4) is 0 Å². The Morgan fingerprint density at radius 1 is 1.32 bits per heavy atom. The largest absolute Gasteiger partial charge is 0.310 e. The molecule has 2 heteroatoms. The first-order valence-corrected chi connectivity index (χ1v) is 8.02. The summed E-state index contributed by atoms with van der Waals surface area (Å²) >= 11 is 6.23. The van der Waals surface area contributed by atoms with Crippen LogP contribution in [0, 0.1) is 11.8 Å². The fraction of sp³-hybridized carbons (Fsp3) is 0.647. The first-order chi connectivity index (χ1) is 9.16. The Hall–Kier alpha value is -0.530. The lowest BCUT2D eigenvalue weighted by Crippen LogP contribution is -2.24. The van der Waals surface area contributed by atoms with Crippen LogP contribution in [0.15, 0.2) is 24.3 Å². The monoisotopic (exact) mass is 279 g/mol. The van der Waals surface area contributed by atoms with Gasteiger partial charge in [0.1, 0.15) is 0 Å². The second-order valence-electron chi connectivity index (χ2n) is 6.12. The molecule has 0 amide bonds. The van der Waals surface area contributed by atoms with Crippen LogP contribution >= 0.6 is 11.6 Å². The maximum absolute atomic E-state index is 6.23. The van der Waals surface area contributed by atoms with Gasteiger partial charge in [-0.15, -0.1) is 0 Å². The summed E-state index contributed by atoms with van der Waals surface area (Å²) in [5.74, 6) is 1.86. The van der Waals surface area contributed by atoms with Gasteiger partial charge >= 0.3 is 0 Å². The summed E-state index contributed by atoms with van der Waals surface area (Å²) in [5, 5.41) is 4.49. The van der Waals surface area contributed by atoms with E-state index in [-0.39, 0.29) is 0 Å². The van der Waals surface area contributed by atoms with Crippen molar-refractivity contribution in [2.24, 2.45) is 11.8 Å². The van der Waals surface area contributed by atoms with Crippen LogP contribution in [0.5, 0.6) is 0 Å². The molecule has 0 aliphatic heterocycles. The average Bonchev–Trinajstić information content (AvgIpc) is 2.39. The van der Waals surface area contributed by atoms with Gasteiger partial charge in [0.15, 0.2) is 0 Å². The van der Waals surface area contributed by atoms with E-state index in [2.05, 4.69) is 31.3 Å². The zero-order valence-electron chi connectivity index (χ0n) is 12.2. The molecule has 0 radical (unpaired) electrons. The third kappa shape index (κ3) is 4.50. The average molecular weight is 280 g/mol. The minimum absolute atomic E-state index is 0.342. The molecule has 0 saturated heterocycles. The van der Waals surface area contributed by atoms with E-state index in [1.54, 1.807) is 0 Å². The summed E-state index contributed by atoms with van der Waals surface area (Å²) in [5.41, 5.74) is 1.21. The lowest BCUT2D eigenvalue weighted by atomic mass is 9.81. The number of rotatable bonds is 5. The van der Waals surface area contributed by atoms with Crippen LogP contribution in [0.1, 0.15) is 57.6 Å². The number of nitrogens with one attached hydrogen (secondary N) is 1. The molecule has 1 nitrogen and oxygen atoms in total. The Balaban J connectivity index is 1.75. The van der Waals surface area contributed by atoms with Crippen LogP contribution in [0.25, 0.3) is 0 Å². The first-order valence-electron chi connectivity index (χ1n) is 7.64. The standard InChI is InChI=1S/C17H26ClN/c1-13-6-5-7-15(12-13)10-11-19-14(2)16-8-3-4-9-17(16)18/h3-4,8-9,13-15,19H,5-7,10-12H2,1-2H3. The molecule has 0 spiro atoms. The zero-order chi connectivity index (χ0) is 13.7. The molecule has 1 fully saturated rings. The van der Waals surface area contributed by atoms with Crippen molar-refractivity contribution in [1.82, 2.24) is 5.32 Å². The van der Waals surface area contributed by atoms with Crippen LogP contribution < -0.4 is 5.32 Å². The predicted molar refractivity (Wildman–Crippen MR) is 83.6 cm³/mol. The fourth-order valence-electron chi connectivity index (χ4n) is 3.26. The van der Waals surface area contributed by atoms with Gasteiger partial charge in [0.05, 0.1) is 0 Å². The smallest absolute Gasteiger partial charge is 0.0453 e. The highest BCUT2D eigenvalue weighted by atomic mass is 35.5. The molecule has 0 bridgehead atoms. The van der Waals surface area contributed by atoms with E-state index in [4.69, 9.17) is 11.6 Å². The van der Waals surface area contributed by atoms with Gasteiger partial charge in [-0.1, -0.05) is 56.0 Å². The minimum atomic E-state index is 0.342. The molecular weight excluding hydrogens is 254 g/mol. The molecule has 1 saturated carbocycles. The Morgan fingerprint density at radius 2 is 2.11 bits per heavy atom. The molecule has 2 rings (SSSR count). The Labute approximate surface area is 122 Å². The van der Waals surface area contributed by atoms with Gasteiger partial charge in [0.2, 0.25) is 0 Å². The van der Waals surface area contributed by atoms with E-state index in [0.717, 1.165) is 23.4 Å². The zero-order valence-corrected chi connectivity index (χ0v) is 12.9. The summed E-state index contributed by atoms with van der Waals surface area (Å²) in [6.07, 6.45) is 7.00. The van der Waals surface area contributed by atoms with Crippen molar-refractivity contribution in [2.75, 3.05) is 6.54 Å². The molecule has 0 heterocycles. The van der Waals surface area contributed by atoms with Crippen molar-refractivity contribution in [3.63, 3.8) is 0 Å². The summed E-state index contributed by atoms with van der Waals surface area (Å²) < 4.78 is 0. The second kappa shape index (κ2) is 7.31. The molecule has 1 N–H and O–H groups in total. The third-order valence-electron chi connectivity index (χ3n) is 4.42. The van der Waals surface area contributed by atoms with Crippen molar-refractivity contribution < 1.29 is 0 Å². The van der Waals surface area contributed by atoms with Gasteiger partial charge in [-0.2, -0.15) is 0 Å². The van der Waals surface area contributed by atoms with Gasteiger partial charge in [-0.3, -0.25) is 0 Å². The topological polar surface area (TPSA) is 12.0 Å². The van der Waals surface area contributed by atoms with Crippen molar-refractivity contribution in [3.8, 4) is 0 Å². The summed E-state index contributed by atoms with van der Waals surface area (Å²) in [6, 6.07) is 8.47. The van der Waals surface area contributed by atoms with E-state index in [9.17, 15) is 0 Å². The van der Waals surface area contributed by atoms with E-state index >= 15 is 0 Å². The molecule has 1 aromatic rings. The quantitative estimate of drug-likeness (QED) is 0.780. The Kier molecular flexibility index (Phi) is 5.72. The van der Waals surface area contributed by atoms with Crippen molar-refractivity contribution >= 4 is 11.6 Å². The van der Waals surface area contributed by atoms with Crippen LogP contribution in [-0.4, -0.2) is 6.54 Å². The van der Waals surface area contributed by atoms with Gasteiger partial charge in [-0.25, -0.2) is 0 Å². The first kappa shape index (κ1) is 14.9. The summed E-state index contributed by atoms with van der Waals surface area (Å²) in [4.78, 5) is 0.